The lowest BCUT2D eigenvalue weighted by atomic mass is 9.98. The van der Waals surface area contributed by atoms with E-state index in [0.29, 0.717) is 5.56 Å². The summed E-state index contributed by atoms with van der Waals surface area (Å²) in [6, 6.07) is 22.5. The Kier molecular flexibility index (Phi) is 12.8. The molecule has 254 valence electrons. The summed E-state index contributed by atoms with van der Waals surface area (Å²) in [5.41, 5.74) is 3.16. The molecule has 0 unspecified atom stereocenters. The molecule has 11 heteroatoms. The standard InChI is InChI=1S/C37H46N6O5/c1-25(2)32(33(44)37(48)38-24-28-11-7-5-8-12-28)41-34(45)26(3)39-36(47)31(40-35(46)29-13-9-6-10-14-29)23-27-15-17-30(18-16-27)43-21-19-42(4)20-22-43/h5-18,25-26,31-32H,19-24H2,1-4H3,(H,38,48)(H,39,47)(H,40,46)(H,41,45)/t26-,31-,32-/m0/s1. The molecule has 3 aromatic rings. The molecule has 1 aliphatic heterocycles. The second kappa shape index (κ2) is 17.2. The van der Waals surface area contributed by atoms with Crippen LogP contribution in [0.1, 0.15) is 42.3 Å². The van der Waals surface area contributed by atoms with Crippen molar-refractivity contribution in [3.05, 3.63) is 102 Å². The number of amides is 4. The highest BCUT2D eigenvalue weighted by molar-refractivity contribution is 6.38. The molecule has 0 bridgehead atoms. The van der Waals surface area contributed by atoms with E-state index in [2.05, 4.69) is 38.1 Å². The van der Waals surface area contributed by atoms with Gasteiger partial charge in [-0.15, -0.1) is 0 Å². The molecule has 0 aromatic heterocycles. The van der Waals surface area contributed by atoms with Crippen molar-refractivity contribution in [1.29, 1.82) is 0 Å². The number of Topliss-reactive ketones (excluding diaryl/α,β-unsaturated/α-hetero) is 1. The number of hydrogen-bond acceptors (Lipinski definition) is 7. The highest BCUT2D eigenvalue weighted by Crippen LogP contribution is 2.18. The van der Waals surface area contributed by atoms with Crippen LogP contribution in [-0.2, 0) is 32.1 Å². The first-order valence-corrected chi connectivity index (χ1v) is 16.4. The van der Waals surface area contributed by atoms with E-state index < -0.39 is 53.5 Å². The van der Waals surface area contributed by atoms with Gasteiger partial charge in [0.05, 0.1) is 6.04 Å². The molecule has 0 aliphatic carbocycles. The van der Waals surface area contributed by atoms with Crippen LogP contribution in [0, 0.1) is 5.92 Å². The minimum absolute atomic E-state index is 0.172. The third-order valence-corrected chi connectivity index (χ3v) is 8.42. The zero-order valence-corrected chi connectivity index (χ0v) is 28.1. The molecule has 48 heavy (non-hydrogen) atoms. The average molecular weight is 655 g/mol. The van der Waals surface area contributed by atoms with Crippen LogP contribution in [0.2, 0.25) is 0 Å². The quantitative estimate of drug-likeness (QED) is 0.196. The van der Waals surface area contributed by atoms with E-state index in [1.165, 1.54) is 6.92 Å². The number of carbonyl (C=O) groups excluding carboxylic acids is 5. The molecule has 3 aromatic carbocycles. The van der Waals surface area contributed by atoms with Crippen molar-refractivity contribution in [3.63, 3.8) is 0 Å². The molecule has 4 N–H and O–H groups in total. The number of benzene rings is 3. The number of ketones is 1. The maximum absolute atomic E-state index is 13.6. The Labute approximate surface area is 282 Å². The lowest BCUT2D eigenvalue weighted by Gasteiger charge is -2.34. The fourth-order valence-corrected chi connectivity index (χ4v) is 5.38. The van der Waals surface area contributed by atoms with Crippen LogP contribution >= 0.6 is 0 Å². The summed E-state index contributed by atoms with van der Waals surface area (Å²) in [4.78, 5) is 70.2. The monoisotopic (exact) mass is 654 g/mol. The van der Waals surface area contributed by atoms with Crippen molar-refractivity contribution in [3.8, 4) is 0 Å². The molecule has 4 rings (SSSR count). The fraction of sp³-hybridized carbons (Fsp3) is 0.378. The molecule has 11 nitrogen and oxygen atoms in total. The molecule has 1 aliphatic rings. The maximum Gasteiger partial charge on any atom is 0.289 e. The molecule has 0 radical (unpaired) electrons. The van der Waals surface area contributed by atoms with E-state index in [1.807, 2.05) is 54.6 Å². The summed E-state index contributed by atoms with van der Waals surface area (Å²) in [7, 11) is 2.11. The normalized spacial score (nSPS) is 15.1. The van der Waals surface area contributed by atoms with E-state index in [4.69, 9.17) is 0 Å². The SMILES string of the molecule is CC(C)[C@H](NC(=O)[C@H](C)NC(=O)[C@H](Cc1ccc(N2CCN(C)CC2)cc1)NC(=O)c1ccccc1)C(=O)C(=O)NCc1ccccc1. The number of rotatable bonds is 14. The van der Waals surface area contributed by atoms with Crippen LogP contribution in [0.4, 0.5) is 5.69 Å². The average Bonchev–Trinajstić information content (AvgIpc) is 3.10. The van der Waals surface area contributed by atoms with Gasteiger partial charge in [0.25, 0.3) is 11.8 Å². The Morgan fingerprint density at radius 2 is 1.29 bits per heavy atom. The molecular formula is C37H46N6O5. The van der Waals surface area contributed by atoms with Gasteiger partial charge in [-0.25, -0.2) is 0 Å². The fourth-order valence-electron chi connectivity index (χ4n) is 5.38. The van der Waals surface area contributed by atoms with Crippen molar-refractivity contribution in [2.75, 3.05) is 38.1 Å². The van der Waals surface area contributed by atoms with Gasteiger partial charge < -0.3 is 31.1 Å². The number of hydrogen-bond donors (Lipinski definition) is 4. The van der Waals surface area contributed by atoms with Crippen molar-refractivity contribution in [2.24, 2.45) is 5.92 Å². The van der Waals surface area contributed by atoms with Gasteiger partial charge in [0.2, 0.25) is 17.6 Å². The molecule has 0 saturated carbocycles. The first kappa shape index (κ1) is 35.8. The van der Waals surface area contributed by atoms with Crippen LogP contribution in [0.15, 0.2) is 84.9 Å². The van der Waals surface area contributed by atoms with E-state index >= 15 is 0 Å². The van der Waals surface area contributed by atoms with Gasteiger partial charge in [0, 0.05) is 50.4 Å². The number of carbonyl (C=O) groups is 5. The Bertz CT molecular complexity index is 1540. The van der Waals surface area contributed by atoms with Crippen molar-refractivity contribution >= 4 is 35.1 Å². The Morgan fingerprint density at radius 3 is 1.90 bits per heavy atom. The van der Waals surface area contributed by atoms with Crippen molar-refractivity contribution in [1.82, 2.24) is 26.2 Å². The number of nitrogens with one attached hydrogen (secondary N) is 4. The maximum atomic E-state index is 13.6. The van der Waals surface area contributed by atoms with Gasteiger partial charge in [-0.05, 0) is 55.3 Å². The van der Waals surface area contributed by atoms with Crippen LogP contribution in [0.25, 0.3) is 0 Å². The van der Waals surface area contributed by atoms with Gasteiger partial charge in [-0.3, -0.25) is 24.0 Å². The summed E-state index contributed by atoms with van der Waals surface area (Å²) in [5, 5.41) is 10.8. The number of piperazine rings is 1. The topological polar surface area (TPSA) is 140 Å². The third-order valence-electron chi connectivity index (χ3n) is 8.42. The first-order valence-electron chi connectivity index (χ1n) is 16.4. The minimum Gasteiger partial charge on any atom is -0.369 e. The molecule has 3 atom stereocenters. The minimum atomic E-state index is -1.10. The summed E-state index contributed by atoms with van der Waals surface area (Å²) >= 11 is 0. The van der Waals surface area contributed by atoms with Crippen LogP contribution in [-0.4, -0.2) is 85.7 Å². The molecule has 1 saturated heterocycles. The second-order valence-electron chi connectivity index (χ2n) is 12.5. The zero-order valence-electron chi connectivity index (χ0n) is 28.1. The Balaban J connectivity index is 1.40. The van der Waals surface area contributed by atoms with E-state index in [-0.39, 0.29) is 13.0 Å². The van der Waals surface area contributed by atoms with Gasteiger partial charge in [0.1, 0.15) is 12.1 Å². The van der Waals surface area contributed by atoms with Crippen molar-refractivity contribution in [2.45, 2.75) is 51.9 Å². The molecule has 1 fully saturated rings. The van der Waals surface area contributed by atoms with Crippen LogP contribution < -0.4 is 26.2 Å². The summed E-state index contributed by atoms with van der Waals surface area (Å²) in [6.45, 7) is 8.92. The molecule has 1 heterocycles. The number of anilines is 1. The lowest BCUT2D eigenvalue weighted by Crippen LogP contribution is -2.57. The zero-order chi connectivity index (χ0) is 34.6. The van der Waals surface area contributed by atoms with Gasteiger partial charge >= 0.3 is 0 Å². The van der Waals surface area contributed by atoms with Gasteiger partial charge in [-0.1, -0.05) is 74.5 Å². The van der Waals surface area contributed by atoms with Gasteiger partial charge in [0.15, 0.2) is 0 Å². The van der Waals surface area contributed by atoms with E-state index in [1.54, 1.807) is 44.2 Å². The smallest absolute Gasteiger partial charge is 0.289 e. The predicted molar refractivity (Wildman–Crippen MR) is 185 cm³/mol. The third kappa shape index (κ3) is 10.2. The number of likely N-dealkylation sites (N-methyl/N-ethyl adjacent to an activating group) is 1. The lowest BCUT2D eigenvalue weighted by molar-refractivity contribution is -0.141. The Hall–Kier alpha value is -5.03. The summed E-state index contributed by atoms with van der Waals surface area (Å²) in [6.07, 6.45) is 0.191. The molecule has 4 amide bonds. The highest BCUT2D eigenvalue weighted by Gasteiger charge is 2.32. The van der Waals surface area contributed by atoms with Crippen LogP contribution in [0.5, 0.6) is 0 Å². The second-order valence-corrected chi connectivity index (χ2v) is 12.5. The summed E-state index contributed by atoms with van der Waals surface area (Å²) < 4.78 is 0. The van der Waals surface area contributed by atoms with Crippen molar-refractivity contribution < 1.29 is 24.0 Å². The molecule has 0 spiro atoms. The van der Waals surface area contributed by atoms with Gasteiger partial charge in [-0.2, -0.15) is 0 Å². The number of nitrogens with zero attached hydrogens (tertiary/aromatic N) is 2. The summed E-state index contributed by atoms with van der Waals surface area (Å²) in [5.74, 6) is -3.58. The Morgan fingerprint density at radius 1 is 0.688 bits per heavy atom. The first-order chi connectivity index (χ1) is 23.0. The van der Waals surface area contributed by atoms with E-state index in [0.717, 1.165) is 43.0 Å². The van der Waals surface area contributed by atoms with Crippen LogP contribution in [0.3, 0.4) is 0 Å². The highest BCUT2D eigenvalue weighted by atomic mass is 16.2. The predicted octanol–water partition coefficient (Wildman–Crippen LogP) is 2.31. The molecular weight excluding hydrogens is 608 g/mol. The largest absolute Gasteiger partial charge is 0.369 e. The van der Waals surface area contributed by atoms with E-state index in [9.17, 15) is 24.0 Å².